The number of nitrogens with zero attached hydrogens (tertiary/aromatic N) is 1. The molecule has 34 heavy (non-hydrogen) atoms. The molecule has 4 rings (SSSR count). The zero-order valence-corrected chi connectivity index (χ0v) is 18.6. The van der Waals surface area contributed by atoms with Gasteiger partial charge in [0.05, 0.1) is 6.42 Å². The Labute approximate surface area is 194 Å². The molecule has 0 saturated carbocycles. The number of ether oxygens (including phenoxy) is 1. The zero-order valence-electron chi connectivity index (χ0n) is 18.6. The smallest absolute Gasteiger partial charge is 0.481 e. The van der Waals surface area contributed by atoms with Gasteiger partial charge in [-0.3, -0.25) is 9.69 Å². The van der Waals surface area contributed by atoms with Crippen molar-refractivity contribution in [2.24, 2.45) is 0 Å². The summed E-state index contributed by atoms with van der Waals surface area (Å²) in [6.45, 7) is -3.88. The van der Waals surface area contributed by atoms with Crippen LogP contribution in [0.15, 0.2) is 60.7 Å². The number of hydrogen-bond acceptors (Lipinski definition) is 3. The van der Waals surface area contributed by atoms with E-state index in [-0.39, 0.29) is 29.3 Å². The molecule has 5 nitrogen and oxygen atoms in total. The van der Waals surface area contributed by atoms with E-state index in [1.165, 1.54) is 14.0 Å². The van der Waals surface area contributed by atoms with Crippen LogP contribution < -0.4 is 10.4 Å². The van der Waals surface area contributed by atoms with Crippen molar-refractivity contribution in [1.82, 2.24) is 0 Å². The molecule has 1 N–H and O–H groups in total. The molecule has 0 aliphatic heterocycles. The van der Waals surface area contributed by atoms with Gasteiger partial charge in [-0.25, -0.2) is 4.79 Å². The molecule has 176 valence electrons. The SMILES string of the molecule is Cc1c(CC(=O)O)cc([B-](F)(F)F)cc1N(C)C(=O)OCC1c2ccccc2-c2ccccc21. The maximum Gasteiger partial charge on any atom is 0.509 e. The third kappa shape index (κ3) is 4.38. The summed E-state index contributed by atoms with van der Waals surface area (Å²) in [6.07, 6.45) is -1.41. The van der Waals surface area contributed by atoms with Crippen LogP contribution in [-0.2, 0) is 16.0 Å². The van der Waals surface area contributed by atoms with Crippen LogP contribution in [0.25, 0.3) is 11.1 Å². The molecule has 1 aliphatic carbocycles. The standard InChI is InChI=1S/C25H22BF3NO4/c1-15-16(12-24(31)32)11-17(26(27,28)29)13-23(15)30(2)25(33)34-14-22-20-9-5-3-7-18(20)19-8-4-6-10-21(19)22/h3-11,13,22H,12,14H2,1-2H3,(H,31,32)/q-1. The van der Waals surface area contributed by atoms with Crippen molar-refractivity contribution in [3.05, 3.63) is 82.9 Å². The molecular weight excluding hydrogens is 446 g/mol. The highest BCUT2D eigenvalue weighted by molar-refractivity contribution is 6.73. The lowest BCUT2D eigenvalue weighted by Gasteiger charge is -2.25. The Morgan fingerprint density at radius 1 is 1.00 bits per heavy atom. The van der Waals surface area contributed by atoms with Gasteiger partial charge in [-0.1, -0.05) is 60.7 Å². The summed E-state index contributed by atoms with van der Waals surface area (Å²) in [7, 11) is 1.32. The van der Waals surface area contributed by atoms with E-state index in [0.29, 0.717) is 0 Å². The highest BCUT2D eigenvalue weighted by atomic mass is 19.4. The average molecular weight is 468 g/mol. The van der Waals surface area contributed by atoms with Gasteiger partial charge in [0.2, 0.25) is 0 Å². The van der Waals surface area contributed by atoms with Crippen LogP contribution >= 0.6 is 0 Å². The normalized spacial score (nSPS) is 12.7. The first kappa shape index (κ1) is 23.4. The molecule has 1 aliphatic rings. The monoisotopic (exact) mass is 468 g/mol. The number of carbonyl (C=O) groups excluding carboxylic acids is 1. The summed E-state index contributed by atoms with van der Waals surface area (Å²) in [4.78, 5) is 25.0. The van der Waals surface area contributed by atoms with E-state index in [1.807, 2.05) is 48.5 Å². The van der Waals surface area contributed by atoms with Crippen LogP contribution in [0.2, 0.25) is 0 Å². The Kier molecular flexibility index (Phi) is 6.12. The van der Waals surface area contributed by atoms with Crippen molar-refractivity contribution in [3.8, 4) is 11.1 Å². The number of anilines is 1. The second kappa shape index (κ2) is 8.89. The minimum Gasteiger partial charge on any atom is -0.481 e. The molecule has 0 saturated heterocycles. The van der Waals surface area contributed by atoms with E-state index in [4.69, 9.17) is 9.84 Å². The summed E-state index contributed by atoms with van der Waals surface area (Å²) in [5, 5.41) is 9.11. The predicted octanol–water partition coefficient (Wildman–Crippen LogP) is 5.06. The van der Waals surface area contributed by atoms with Gasteiger partial charge < -0.3 is 22.8 Å². The number of rotatable bonds is 6. The molecule has 0 heterocycles. The molecule has 0 atom stereocenters. The maximum absolute atomic E-state index is 13.5. The fourth-order valence-corrected chi connectivity index (χ4v) is 4.45. The second-order valence-corrected chi connectivity index (χ2v) is 8.33. The number of halogens is 3. The number of carbonyl (C=O) groups is 2. The highest BCUT2D eigenvalue weighted by Gasteiger charge is 2.31. The topological polar surface area (TPSA) is 66.8 Å². The second-order valence-electron chi connectivity index (χ2n) is 8.33. The molecule has 1 amide bonds. The number of aliphatic carboxylic acids is 1. The molecule has 0 spiro atoms. The summed E-state index contributed by atoms with van der Waals surface area (Å²) >= 11 is 0. The third-order valence-corrected chi connectivity index (χ3v) is 6.20. The quantitative estimate of drug-likeness (QED) is 0.514. The number of hydrogen-bond donors (Lipinski definition) is 1. The first-order valence-corrected chi connectivity index (χ1v) is 10.7. The Balaban J connectivity index is 1.60. The molecular formula is C25H22BF3NO4-. The van der Waals surface area contributed by atoms with Crippen molar-refractivity contribution in [2.75, 3.05) is 18.6 Å². The number of fused-ring (bicyclic) bond motifs is 3. The van der Waals surface area contributed by atoms with Crippen LogP contribution in [0.1, 0.15) is 28.2 Å². The van der Waals surface area contributed by atoms with Gasteiger partial charge in [0.25, 0.3) is 0 Å². The van der Waals surface area contributed by atoms with E-state index in [2.05, 4.69) is 0 Å². The van der Waals surface area contributed by atoms with Crippen LogP contribution in [0.4, 0.5) is 23.4 Å². The van der Waals surface area contributed by atoms with Crippen LogP contribution in [-0.4, -0.2) is 37.8 Å². The Morgan fingerprint density at radius 2 is 1.56 bits per heavy atom. The van der Waals surface area contributed by atoms with Crippen LogP contribution in [0.3, 0.4) is 0 Å². The van der Waals surface area contributed by atoms with Crippen LogP contribution in [0, 0.1) is 6.92 Å². The van der Waals surface area contributed by atoms with Crippen LogP contribution in [0.5, 0.6) is 0 Å². The number of carboxylic acid groups (broad SMARTS) is 1. The maximum atomic E-state index is 13.5. The molecule has 9 heteroatoms. The molecule has 0 fully saturated rings. The molecule has 0 aromatic heterocycles. The number of amides is 1. The fourth-order valence-electron chi connectivity index (χ4n) is 4.45. The van der Waals surface area contributed by atoms with Crippen molar-refractivity contribution in [3.63, 3.8) is 0 Å². The van der Waals surface area contributed by atoms with Crippen molar-refractivity contribution in [1.29, 1.82) is 0 Å². The van der Waals surface area contributed by atoms with E-state index < -0.39 is 30.9 Å². The first-order chi connectivity index (χ1) is 16.1. The number of carboxylic acids is 1. The van der Waals surface area contributed by atoms with Gasteiger partial charge in [-0.15, -0.1) is 5.46 Å². The molecule has 3 aromatic carbocycles. The summed E-state index contributed by atoms with van der Waals surface area (Å²) in [5.41, 5.74) is 3.42. The van der Waals surface area contributed by atoms with Gasteiger partial charge in [-0.2, -0.15) is 0 Å². The van der Waals surface area contributed by atoms with Crippen molar-refractivity contribution >= 4 is 30.2 Å². The Morgan fingerprint density at radius 3 is 2.09 bits per heavy atom. The molecule has 0 radical (unpaired) electrons. The van der Waals surface area contributed by atoms with Crippen molar-refractivity contribution in [2.45, 2.75) is 19.3 Å². The van der Waals surface area contributed by atoms with Gasteiger partial charge >= 0.3 is 19.0 Å². The summed E-state index contributed by atoms with van der Waals surface area (Å²) < 4.78 is 46.0. The lowest BCUT2D eigenvalue weighted by atomic mass is 9.77. The largest absolute Gasteiger partial charge is 0.509 e. The molecule has 0 unspecified atom stereocenters. The summed E-state index contributed by atoms with van der Waals surface area (Å²) in [6, 6.07) is 17.3. The van der Waals surface area contributed by atoms with Gasteiger partial charge in [0.1, 0.15) is 6.61 Å². The third-order valence-electron chi connectivity index (χ3n) is 6.20. The minimum absolute atomic E-state index is 0.00232. The summed E-state index contributed by atoms with van der Waals surface area (Å²) in [5.74, 6) is -1.46. The predicted molar refractivity (Wildman–Crippen MR) is 125 cm³/mol. The highest BCUT2D eigenvalue weighted by Crippen LogP contribution is 2.44. The first-order valence-electron chi connectivity index (χ1n) is 10.7. The molecule has 3 aromatic rings. The van der Waals surface area contributed by atoms with Crippen molar-refractivity contribution < 1.29 is 32.4 Å². The van der Waals surface area contributed by atoms with E-state index >= 15 is 0 Å². The van der Waals surface area contributed by atoms with E-state index in [1.54, 1.807) is 0 Å². The van der Waals surface area contributed by atoms with Gasteiger partial charge in [-0.05, 0) is 40.3 Å². The van der Waals surface area contributed by atoms with Gasteiger partial charge in [0.15, 0.2) is 0 Å². The lowest BCUT2D eigenvalue weighted by molar-refractivity contribution is -0.136. The number of benzene rings is 3. The Hall–Kier alpha value is -3.75. The lowest BCUT2D eigenvalue weighted by Crippen LogP contribution is -2.37. The Bertz CT molecular complexity index is 1230. The molecule has 0 bridgehead atoms. The fraction of sp³-hybridized carbons (Fsp3) is 0.200. The van der Waals surface area contributed by atoms with E-state index in [0.717, 1.165) is 39.3 Å². The van der Waals surface area contributed by atoms with Gasteiger partial charge in [0, 0.05) is 18.7 Å². The van der Waals surface area contributed by atoms with E-state index in [9.17, 15) is 22.5 Å². The zero-order chi connectivity index (χ0) is 24.6. The average Bonchev–Trinajstić information content (AvgIpc) is 3.11. The minimum atomic E-state index is -5.39.